The van der Waals surface area contributed by atoms with E-state index in [1.54, 1.807) is 0 Å². The summed E-state index contributed by atoms with van der Waals surface area (Å²) in [7, 11) is 1.27. The number of rotatable bonds is 5. The molecule has 0 fully saturated rings. The van der Waals surface area contributed by atoms with Crippen LogP contribution in [0, 0.1) is 11.6 Å². The molecule has 0 heterocycles. The molecule has 1 amide bonds. The summed E-state index contributed by atoms with van der Waals surface area (Å²) in [4.78, 5) is 23.1. The van der Waals surface area contributed by atoms with Crippen LogP contribution in [0.1, 0.15) is 10.4 Å². The molecule has 7 heteroatoms. The molecule has 0 spiro atoms. The van der Waals surface area contributed by atoms with E-state index in [1.165, 1.54) is 37.4 Å². The van der Waals surface area contributed by atoms with E-state index in [9.17, 15) is 18.4 Å². The number of para-hydroxylation sites is 1. The molecular weight excluding hydrogens is 306 g/mol. The Morgan fingerprint density at radius 1 is 1.04 bits per heavy atom. The largest absolute Gasteiger partial charge is 0.465 e. The van der Waals surface area contributed by atoms with E-state index in [4.69, 9.17) is 0 Å². The van der Waals surface area contributed by atoms with Gasteiger partial charge in [0.15, 0.2) is 0 Å². The van der Waals surface area contributed by atoms with Crippen LogP contribution in [0.4, 0.5) is 20.2 Å². The molecule has 2 rings (SSSR count). The zero-order valence-electron chi connectivity index (χ0n) is 12.2. The van der Waals surface area contributed by atoms with Gasteiger partial charge in [-0.1, -0.05) is 6.07 Å². The summed E-state index contributed by atoms with van der Waals surface area (Å²) in [6.07, 6.45) is 0. The standard InChI is InChI=1S/C16H14F2N2O3/c1-23-16(22)10-5-7-11(8-6-10)20-14(21)9-19-15-12(17)3-2-4-13(15)18/h2-8,19H,9H2,1H3,(H,20,21). The monoisotopic (exact) mass is 320 g/mol. The Morgan fingerprint density at radius 2 is 1.65 bits per heavy atom. The summed E-state index contributed by atoms with van der Waals surface area (Å²) in [6.45, 7) is -0.309. The zero-order valence-corrected chi connectivity index (χ0v) is 12.2. The normalized spacial score (nSPS) is 10.0. The van der Waals surface area contributed by atoms with Crippen molar-refractivity contribution in [3.05, 3.63) is 59.7 Å². The fourth-order valence-electron chi connectivity index (χ4n) is 1.85. The minimum atomic E-state index is -0.778. The van der Waals surface area contributed by atoms with Gasteiger partial charge in [-0.25, -0.2) is 13.6 Å². The highest BCUT2D eigenvalue weighted by atomic mass is 19.1. The third-order valence-corrected chi connectivity index (χ3v) is 2.98. The van der Waals surface area contributed by atoms with Gasteiger partial charge in [-0.05, 0) is 36.4 Å². The molecular formula is C16H14F2N2O3. The minimum Gasteiger partial charge on any atom is -0.465 e. The lowest BCUT2D eigenvalue weighted by Gasteiger charge is -2.09. The summed E-state index contributed by atoms with van der Waals surface area (Å²) in [5, 5.41) is 4.94. The van der Waals surface area contributed by atoms with E-state index < -0.39 is 23.5 Å². The number of amides is 1. The number of methoxy groups -OCH3 is 1. The maximum atomic E-state index is 13.4. The number of nitrogens with one attached hydrogen (secondary N) is 2. The first-order chi connectivity index (χ1) is 11.0. The zero-order chi connectivity index (χ0) is 16.8. The third-order valence-electron chi connectivity index (χ3n) is 2.98. The minimum absolute atomic E-state index is 0.309. The van der Waals surface area contributed by atoms with Crippen LogP contribution in [0.3, 0.4) is 0 Å². The number of carbonyl (C=O) groups excluding carboxylic acids is 2. The van der Waals surface area contributed by atoms with Crippen LogP contribution in [-0.4, -0.2) is 25.5 Å². The topological polar surface area (TPSA) is 67.4 Å². The van der Waals surface area contributed by atoms with Crippen LogP contribution in [0.5, 0.6) is 0 Å². The van der Waals surface area contributed by atoms with Gasteiger partial charge < -0.3 is 15.4 Å². The van der Waals surface area contributed by atoms with Gasteiger partial charge >= 0.3 is 5.97 Å². The third kappa shape index (κ3) is 4.26. The van der Waals surface area contributed by atoms with E-state index in [2.05, 4.69) is 15.4 Å². The predicted molar refractivity (Wildman–Crippen MR) is 81.3 cm³/mol. The molecule has 2 aromatic carbocycles. The summed E-state index contributed by atoms with van der Waals surface area (Å²) in [5.41, 5.74) is 0.430. The average Bonchev–Trinajstić information content (AvgIpc) is 2.54. The first kappa shape index (κ1) is 16.4. The van der Waals surface area contributed by atoms with E-state index in [1.807, 2.05) is 0 Å². The molecule has 0 atom stereocenters. The van der Waals surface area contributed by atoms with Crippen molar-refractivity contribution in [2.24, 2.45) is 0 Å². The van der Waals surface area contributed by atoms with Gasteiger partial charge in [0.1, 0.15) is 17.3 Å². The Balaban J connectivity index is 1.93. The van der Waals surface area contributed by atoms with Gasteiger partial charge in [-0.15, -0.1) is 0 Å². The first-order valence-electron chi connectivity index (χ1n) is 6.67. The van der Waals surface area contributed by atoms with E-state index in [0.717, 1.165) is 12.1 Å². The molecule has 0 aliphatic heterocycles. The number of benzene rings is 2. The van der Waals surface area contributed by atoms with Crippen LogP contribution in [-0.2, 0) is 9.53 Å². The molecule has 23 heavy (non-hydrogen) atoms. The number of anilines is 2. The number of ether oxygens (including phenoxy) is 1. The van der Waals surface area contributed by atoms with Crippen molar-refractivity contribution in [1.82, 2.24) is 0 Å². The highest BCUT2D eigenvalue weighted by Gasteiger charge is 2.10. The smallest absolute Gasteiger partial charge is 0.337 e. The van der Waals surface area contributed by atoms with Gasteiger partial charge in [0.05, 0.1) is 19.2 Å². The Hall–Kier alpha value is -2.96. The highest BCUT2D eigenvalue weighted by molar-refractivity contribution is 5.95. The summed E-state index contributed by atoms with van der Waals surface area (Å²) < 4.78 is 31.4. The SMILES string of the molecule is COC(=O)c1ccc(NC(=O)CNc2c(F)cccc2F)cc1. The molecule has 0 radical (unpaired) electrons. The predicted octanol–water partition coefficient (Wildman–Crippen LogP) is 2.80. The molecule has 5 nitrogen and oxygen atoms in total. The second-order valence-electron chi connectivity index (χ2n) is 4.57. The fraction of sp³-hybridized carbons (Fsp3) is 0.125. The van der Waals surface area contributed by atoms with Crippen molar-refractivity contribution in [2.75, 3.05) is 24.3 Å². The average molecular weight is 320 g/mol. The molecule has 0 aliphatic rings. The second-order valence-corrected chi connectivity index (χ2v) is 4.57. The van der Waals surface area contributed by atoms with Gasteiger partial charge in [-0.2, -0.15) is 0 Å². The fourth-order valence-corrected chi connectivity index (χ4v) is 1.85. The Labute approximate surface area is 131 Å². The van der Waals surface area contributed by atoms with E-state index in [-0.39, 0.29) is 12.2 Å². The summed E-state index contributed by atoms with van der Waals surface area (Å²) in [6, 6.07) is 9.45. The second kappa shape index (κ2) is 7.35. The first-order valence-corrected chi connectivity index (χ1v) is 6.67. The van der Waals surface area contributed by atoms with Crippen LogP contribution >= 0.6 is 0 Å². The van der Waals surface area contributed by atoms with Gasteiger partial charge in [0.2, 0.25) is 5.91 Å². The molecule has 0 saturated heterocycles. The van der Waals surface area contributed by atoms with Gasteiger partial charge in [0.25, 0.3) is 0 Å². The van der Waals surface area contributed by atoms with Crippen LogP contribution in [0.15, 0.2) is 42.5 Å². The molecule has 2 aromatic rings. The number of hydrogen-bond acceptors (Lipinski definition) is 4. The summed E-state index contributed by atoms with van der Waals surface area (Å²) >= 11 is 0. The lowest BCUT2D eigenvalue weighted by Crippen LogP contribution is -2.22. The van der Waals surface area contributed by atoms with Crippen molar-refractivity contribution >= 4 is 23.3 Å². The highest BCUT2D eigenvalue weighted by Crippen LogP contribution is 2.17. The van der Waals surface area contributed by atoms with Crippen molar-refractivity contribution < 1.29 is 23.1 Å². The quantitative estimate of drug-likeness (QED) is 0.831. The molecule has 0 saturated carbocycles. The molecule has 120 valence electrons. The van der Waals surface area contributed by atoms with E-state index >= 15 is 0 Å². The number of carbonyl (C=O) groups is 2. The molecule has 0 aromatic heterocycles. The van der Waals surface area contributed by atoms with Crippen molar-refractivity contribution in [2.45, 2.75) is 0 Å². The number of hydrogen-bond donors (Lipinski definition) is 2. The van der Waals surface area contributed by atoms with Gasteiger partial charge in [0, 0.05) is 5.69 Å². The molecule has 2 N–H and O–H groups in total. The van der Waals surface area contributed by atoms with Crippen molar-refractivity contribution in [1.29, 1.82) is 0 Å². The Kier molecular flexibility index (Phi) is 5.24. The van der Waals surface area contributed by atoms with Crippen LogP contribution in [0.2, 0.25) is 0 Å². The van der Waals surface area contributed by atoms with Crippen LogP contribution in [0.25, 0.3) is 0 Å². The Bertz CT molecular complexity index is 698. The molecule has 0 aliphatic carbocycles. The van der Waals surface area contributed by atoms with Crippen LogP contribution < -0.4 is 10.6 Å². The lowest BCUT2D eigenvalue weighted by atomic mass is 10.2. The molecule has 0 unspecified atom stereocenters. The summed E-state index contributed by atoms with van der Waals surface area (Å²) in [5.74, 6) is -2.53. The van der Waals surface area contributed by atoms with Crippen molar-refractivity contribution in [3.63, 3.8) is 0 Å². The number of esters is 1. The maximum Gasteiger partial charge on any atom is 0.337 e. The van der Waals surface area contributed by atoms with Gasteiger partial charge in [-0.3, -0.25) is 4.79 Å². The Morgan fingerprint density at radius 3 is 2.22 bits per heavy atom. The van der Waals surface area contributed by atoms with Crippen molar-refractivity contribution in [3.8, 4) is 0 Å². The maximum absolute atomic E-state index is 13.4. The lowest BCUT2D eigenvalue weighted by molar-refractivity contribution is -0.114. The van der Waals surface area contributed by atoms with E-state index in [0.29, 0.717) is 11.3 Å². The number of halogens is 2. The molecule has 0 bridgehead atoms.